The standard InChI is InChI=1S/C18H13Cl2NO4/c1-10-11-5-2-3-8-14(11)25-17(10)18(23)24-9-15(22)21-16-12(19)6-4-7-13(16)20/h2-8H,9H2,1H3,(H,21,22). The smallest absolute Gasteiger partial charge is 0.375 e. The Hall–Kier alpha value is -2.50. The van der Waals surface area contributed by atoms with Crippen LogP contribution in [0.3, 0.4) is 0 Å². The molecule has 1 aromatic heterocycles. The highest BCUT2D eigenvalue weighted by molar-refractivity contribution is 6.39. The van der Waals surface area contributed by atoms with Gasteiger partial charge in [0.25, 0.3) is 5.91 Å². The number of amides is 1. The monoisotopic (exact) mass is 377 g/mol. The second kappa shape index (κ2) is 7.17. The van der Waals surface area contributed by atoms with Gasteiger partial charge in [0.2, 0.25) is 5.76 Å². The number of carbonyl (C=O) groups is 2. The van der Waals surface area contributed by atoms with Gasteiger partial charge in [-0.15, -0.1) is 0 Å². The van der Waals surface area contributed by atoms with E-state index in [9.17, 15) is 9.59 Å². The number of hydrogen-bond acceptors (Lipinski definition) is 4. The number of aryl methyl sites for hydroxylation is 1. The van der Waals surface area contributed by atoms with Crippen LogP contribution < -0.4 is 5.32 Å². The van der Waals surface area contributed by atoms with E-state index < -0.39 is 18.5 Å². The van der Waals surface area contributed by atoms with E-state index in [1.807, 2.05) is 12.1 Å². The summed E-state index contributed by atoms with van der Waals surface area (Å²) in [6.07, 6.45) is 0. The van der Waals surface area contributed by atoms with Gasteiger partial charge in [0, 0.05) is 10.9 Å². The highest BCUT2D eigenvalue weighted by Crippen LogP contribution is 2.29. The van der Waals surface area contributed by atoms with E-state index >= 15 is 0 Å². The lowest BCUT2D eigenvalue weighted by Crippen LogP contribution is -2.21. The zero-order valence-corrected chi connectivity index (χ0v) is 14.6. The molecule has 25 heavy (non-hydrogen) atoms. The number of carbonyl (C=O) groups excluding carboxylic acids is 2. The lowest BCUT2D eigenvalue weighted by Gasteiger charge is -2.09. The minimum absolute atomic E-state index is 0.0739. The number of esters is 1. The maximum atomic E-state index is 12.2. The number of para-hydroxylation sites is 2. The van der Waals surface area contributed by atoms with E-state index in [1.54, 1.807) is 37.3 Å². The van der Waals surface area contributed by atoms with E-state index in [1.165, 1.54) is 0 Å². The Bertz CT molecular complexity index is 945. The first-order valence-electron chi connectivity index (χ1n) is 7.36. The zero-order chi connectivity index (χ0) is 18.0. The molecule has 0 bridgehead atoms. The van der Waals surface area contributed by atoms with Crippen molar-refractivity contribution in [3.63, 3.8) is 0 Å². The minimum Gasteiger partial charge on any atom is -0.450 e. The van der Waals surface area contributed by atoms with Crippen molar-refractivity contribution in [1.82, 2.24) is 0 Å². The summed E-state index contributed by atoms with van der Waals surface area (Å²) in [5, 5.41) is 3.92. The summed E-state index contributed by atoms with van der Waals surface area (Å²) in [5.74, 6) is -1.20. The van der Waals surface area contributed by atoms with Crippen LogP contribution in [0.1, 0.15) is 16.1 Å². The van der Waals surface area contributed by atoms with Gasteiger partial charge in [-0.2, -0.15) is 0 Å². The molecule has 0 fully saturated rings. The number of hydrogen-bond donors (Lipinski definition) is 1. The van der Waals surface area contributed by atoms with Gasteiger partial charge in [0.05, 0.1) is 15.7 Å². The van der Waals surface area contributed by atoms with E-state index in [2.05, 4.69) is 5.32 Å². The maximum absolute atomic E-state index is 12.2. The van der Waals surface area contributed by atoms with Gasteiger partial charge >= 0.3 is 5.97 Å². The van der Waals surface area contributed by atoms with E-state index in [0.717, 1.165) is 5.39 Å². The van der Waals surface area contributed by atoms with Crippen LogP contribution in [-0.2, 0) is 9.53 Å². The third-order valence-electron chi connectivity index (χ3n) is 3.59. The molecule has 5 nitrogen and oxygen atoms in total. The molecule has 1 N–H and O–H groups in total. The molecule has 0 saturated heterocycles. The highest BCUT2D eigenvalue weighted by atomic mass is 35.5. The third-order valence-corrected chi connectivity index (χ3v) is 4.22. The fourth-order valence-corrected chi connectivity index (χ4v) is 2.85. The Kier molecular flexibility index (Phi) is 4.97. The second-order valence-corrected chi connectivity index (χ2v) is 6.09. The van der Waals surface area contributed by atoms with Gasteiger partial charge < -0.3 is 14.5 Å². The lowest BCUT2D eigenvalue weighted by molar-refractivity contribution is -0.119. The van der Waals surface area contributed by atoms with Gasteiger partial charge in [-0.3, -0.25) is 4.79 Å². The van der Waals surface area contributed by atoms with Gasteiger partial charge in [0.15, 0.2) is 6.61 Å². The Labute approximate surface area is 153 Å². The molecule has 128 valence electrons. The van der Waals surface area contributed by atoms with Gasteiger partial charge in [-0.25, -0.2) is 4.79 Å². The van der Waals surface area contributed by atoms with Gasteiger partial charge in [-0.05, 0) is 25.1 Å². The average Bonchev–Trinajstić information content (AvgIpc) is 2.93. The quantitative estimate of drug-likeness (QED) is 0.660. The Morgan fingerprint density at radius 3 is 2.44 bits per heavy atom. The average molecular weight is 378 g/mol. The zero-order valence-electron chi connectivity index (χ0n) is 13.1. The Morgan fingerprint density at radius 1 is 1.08 bits per heavy atom. The van der Waals surface area contributed by atoms with Crippen molar-refractivity contribution in [1.29, 1.82) is 0 Å². The number of ether oxygens (including phenoxy) is 1. The molecule has 7 heteroatoms. The number of benzene rings is 2. The van der Waals surface area contributed by atoms with E-state index in [0.29, 0.717) is 21.2 Å². The molecule has 0 aliphatic carbocycles. The van der Waals surface area contributed by atoms with Gasteiger partial charge in [-0.1, -0.05) is 47.5 Å². The number of nitrogens with one attached hydrogen (secondary N) is 1. The minimum atomic E-state index is -0.714. The van der Waals surface area contributed by atoms with Crippen LogP contribution in [0.2, 0.25) is 10.0 Å². The molecule has 3 aromatic rings. The molecule has 0 spiro atoms. The number of halogens is 2. The first-order chi connectivity index (χ1) is 12.0. The molecule has 0 saturated carbocycles. The first-order valence-corrected chi connectivity index (χ1v) is 8.12. The molecule has 1 amide bonds. The number of furan rings is 1. The van der Waals surface area contributed by atoms with Crippen LogP contribution in [0.4, 0.5) is 5.69 Å². The largest absolute Gasteiger partial charge is 0.450 e. The molecular weight excluding hydrogens is 365 g/mol. The molecular formula is C18H13Cl2NO4. The molecule has 0 aliphatic rings. The molecule has 2 aromatic carbocycles. The number of anilines is 1. The van der Waals surface area contributed by atoms with Crippen LogP contribution in [0.15, 0.2) is 46.9 Å². The maximum Gasteiger partial charge on any atom is 0.375 e. The summed E-state index contributed by atoms with van der Waals surface area (Å²) in [6, 6.07) is 12.1. The normalized spacial score (nSPS) is 10.7. The summed E-state index contributed by atoms with van der Waals surface area (Å²) < 4.78 is 10.5. The second-order valence-electron chi connectivity index (χ2n) is 5.27. The molecule has 0 atom stereocenters. The Morgan fingerprint density at radius 2 is 1.76 bits per heavy atom. The van der Waals surface area contributed by atoms with Crippen LogP contribution in [0.25, 0.3) is 11.0 Å². The summed E-state index contributed by atoms with van der Waals surface area (Å²) in [7, 11) is 0. The fourth-order valence-electron chi connectivity index (χ4n) is 2.36. The third kappa shape index (κ3) is 3.62. The van der Waals surface area contributed by atoms with Crippen LogP contribution >= 0.6 is 23.2 Å². The molecule has 0 radical (unpaired) electrons. The van der Waals surface area contributed by atoms with Crippen molar-refractivity contribution in [2.24, 2.45) is 0 Å². The predicted molar refractivity (Wildman–Crippen MR) is 96.3 cm³/mol. The van der Waals surface area contributed by atoms with Crippen molar-refractivity contribution in [2.45, 2.75) is 6.92 Å². The fraction of sp³-hybridized carbons (Fsp3) is 0.111. The van der Waals surface area contributed by atoms with Crippen molar-refractivity contribution >= 4 is 51.7 Å². The molecule has 0 aliphatic heterocycles. The number of rotatable bonds is 4. The van der Waals surface area contributed by atoms with Crippen LogP contribution in [0.5, 0.6) is 0 Å². The highest BCUT2D eigenvalue weighted by Gasteiger charge is 2.20. The van der Waals surface area contributed by atoms with Crippen molar-refractivity contribution in [3.05, 3.63) is 63.8 Å². The van der Waals surface area contributed by atoms with Crippen molar-refractivity contribution in [2.75, 3.05) is 11.9 Å². The molecule has 3 rings (SSSR count). The van der Waals surface area contributed by atoms with E-state index in [-0.39, 0.29) is 11.4 Å². The molecule has 1 heterocycles. The van der Waals surface area contributed by atoms with Crippen molar-refractivity contribution < 1.29 is 18.7 Å². The summed E-state index contributed by atoms with van der Waals surface area (Å²) >= 11 is 12.0. The van der Waals surface area contributed by atoms with E-state index in [4.69, 9.17) is 32.4 Å². The summed E-state index contributed by atoms with van der Waals surface area (Å²) in [6.45, 7) is 1.27. The SMILES string of the molecule is Cc1c(C(=O)OCC(=O)Nc2c(Cl)cccc2Cl)oc2ccccc12. The summed E-state index contributed by atoms with van der Waals surface area (Å²) in [5.41, 5.74) is 1.52. The van der Waals surface area contributed by atoms with Crippen molar-refractivity contribution in [3.8, 4) is 0 Å². The summed E-state index contributed by atoms with van der Waals surface area (Å²) in [4.78, 5) is 24.2. The van der Waals surface area contributed by atoms with Gasteiger partial charge in [0.1, 0.15) is 5.58 Å². The Balaban J connectivity index is 1.67. The molecule has 0 unspecified atom stereocenters. The van der Waals surface area contributed by atoms with Crippen LogP contribution in [0, 0.1) is 6.92 Å². The lowest BCUT2D eigenvalue weighted by atomic mass is 10.1. The number of fused-ring (bicyclic) bond motifs is 1. The van der Waals surface area contributed by atoms with Crippen LogP contribution in [-0.4, -0.2) is 18.5 Å². The predicted octanol–water partition coefficient (Wildman–Crippen LogP) is 4.84. The topological polar surface area (TPSA) is 68.5 Å². The first kappa shape index (κ1) is 17.3.